The molecule has 0 aromatic heterocycles. The number of amides is 2. The predicted octanol–water partition coefficient (Wildman–Crippen LogP) is 2.53. The van der Waals surface area contributed by atoms with E-state index < -0.39 is 11.7 Å². The first-order valence-electron chi connectivity index (χ1n) is 8.30. The summed E-state index contributed by atoms with van der Waals surface area (Å²) in [7, 11) is 0. The normalized spacial score (nSPS) is 21.3. The number of nitrogens with zero attached hydrogens (tertiary/aromatic N) is 2. The van der Waals surface area contributed by atoms with Gasteiger partial charge in [-0.1, -0.05) is 12.1 Å². The molecule has 1 unspecified atom stereocenters. The third kappa shape index (κ3) is 4.32. The molecule has 2 amide bonds. The van der Waals surface area contributed by atoms with Gasteiger partial charge in [0.25, 0.3) is 0 Å². The molecule has 26 heavy (non-hydrogen) atoms. The highest BCUT2D eigenvalue weighted by molar-refractivity contribution is 8.00. The first-order valence-corrected chi connectivity index (χ1v) is 9.35. The Hall–Kier alpha value is -1.74. The smallest absolute Gasteiger partial charge is 0.378 e. The summed E-state index contributed by atoms with van der Waals surface area (Å²) in [5.41, 5.74) is -0.0858. The average molecular weight is 388 g/mol. The van der Waals surface area contributed by atoms with Crippen molar-refractivity contribution < 1.29 is 27.5 Å². The molecular formula is C17H19F3N2O3S. The molecule has 0 N–H and O–H groups in total. The third-order valence-electron chi connectivity index (χ3n) is 4.42. The Morgan fingerprint density at radius 2 is 1.85 bits per heavy atom. The van der Waals surface area contributed by atoms with Crippen molar-refractivity contribution in [2.24, 2.45) is 0 Å². The molecule has 2 saturated heterocycles. The van der Waals surface area contributed by atoms with Gasteiger partial charge in [-0.15, -0.1) is 11.8 Å². The first-order chi connectivity index (χ1) is 12.4. The number of ether oxygens (including phenoxy) is 1. The summed E-state index contributed by atoms with van der Waals surface area (Å²) < 4.78 is 43.3. The number of carbonyl (C=O) groups excluding carboxylic acids is 2. The molecule has 2 aliphatic heterocycles. The summed E-state index contributed by atoms with van der Waals surface area (Å²) in [6, 6.07) is 4.84. The molecule has 0 saturated carbocycles. The van der Waals surface area contributed by atoms with Gasteiger partial charge < -0.3 is 14.5 Å². The Balaban J connectivity index is 1.64. The maximum absolute atomic E-state index is 12.7. The van der Waals surface area contributed by atoms with E-state index in [9.17, 15) is 22.8 Å². The van der Waals surface area contributed by atoms with Gasteiger partial charge >= 0.3 is 6.18 Å². The van der Waals surface area contributed by atoms with Gasteiger partial charge in [0.1, 0.15) is 5.37 Å². The van der Waals surface area contributed by atoms with E-state index in [2.05, 4.69) is 0 Å². The highest BCUT2D eigenvalue weighted by Crippen LogP contribution is 2.39. The van der Waals surface area contributed by atoms with Crippen LogP contribution in [0.2, 0.25) is 0 Å². The average Bonchev–Trinajstić information content (AvgIpc) is 3.00. The maximum atomic E-state index is 12.7. The number of hydrogen-bond donors (Lipinski definition) is 0. The Morgan fingerprint density at radius 1 is 1.19 bits per heavy atom. The molecule has 5 nitrogen and oxygen atoms in total. The molecule has 0 bridgehead atoms. The molecule has 0 radical (unpaired) electrons. The Kier molecular flexibility index (Phi) is 5.76. The summed E-state index contributed by atoms with van der Waals surface area (Å²) in [6.07, 6.45) is -4.19. The lowest BCUT2D eigenvalue weighted by Gasteiger charge is -2.29. The molecule has 1 aromatic rings. The van der Waals surface area contributed by atoms with Crippen LogP contribution in [0, 0.1) is 0 Å². The van der Waals surface area contributed by atoms with Crippen molar-refractivity contribution in [2.45, 2.75) is 18.0 Å². The van der Waals surface area contributed by atoms with Crippen LogP contribution in [-0.2, 0) is 20.5 Å². The molecule has 1 aromatic carbocycles. The largest absolute Gasteiger partial charge is 0.416 e. The van der Waals surface area contributed by atoms with E-state index in [1.807, 2.05) is 0 Å². The fourth-order valence-corrected chi connectivity index (χ4v) is 4.21. The maximum Gasteiger partial charge on any atom is 0.416 e. The zero-order chi connectivity index (χ0) is 18.7. The molecule has 3 rings (SSSR count). The van der Waals surface area contributed by atoms with E-state index in [0.717, 1.165) is 12.1 Å². The van der Waals surface area contributed by atoms with Crippen molar-refractivity contribution in [2.75, 3.05) is 38.6 Å². The van der Waals surface area contributed by atoms with Crippen LogP contribution < -0.4 is 0 Å². The summed E-state index contributed by atoms with van der Waals surface area (Å²) >= 11 is 1.36. The predicted molar refractivity (Wildman–Crippen MR) is 90.4 cm³/mol. The lowest BCUT2D eigenvalue weighted by molar-refractivity contribution is -0.138. The lowest BCUT2D eigenvalue weighted by atomic mass is 10.1. The number of morpholine rings is 1. The van der Waals surface area contributed by atoms with Gasteiger partial charge in [0.2, 0.25) is 11.8 Å². The summed E-state index contributed by atoms with van der Waals surface area (Å²) in [5, 5.41) is -0.359. The van der Waals surface area contributed by atoms with E-state index in [1.165, 1.54) is 23.9 Å². The molecule has 2 fully saturated rings. The van der Waals surface area contributed by atoms with Gasteiger partial charge in [0, 0.05) is 26.1 Å². The van der Waals surface area contributed by atoms with Gasteiger partial charge in [-0.05, 0) is 17.7 Å². The molecular weight excluding hydrogens is 369 g/mol. The second kappa shape index (κ2) is 7.87. The number of rotatable bonds is 4. The highest BCUT2D eigenvalue weighted by atomic mass is 32.2. The van der Waals surface area contributed by atoms with E-state index >= 15 is 0 Å². The number of benzene rings is 1. The zero-order valence-corrected chi connectivity index (χ0v) is 14.8. The van der Waals surface area contributed by atoms with Gasteiger partial charge in [-0.3, -0.25) is 9.59 Å². The van der Waals surface area contributed by atoms with Crippen LogP contribution in [0.4, 0.5) is 13.2 Å². The number of hydrogen-bond acceptors (Lipinski definition) is 4. The zero-order valence-electron chi connectivity index (χ0n) is 14.0. The van der Waals surface area contributed by atoms with Crippen molar-refractivity contribution in [1.82, 2.24) is 9.80 Å². The number of thioether (sulfide) groups is 1. The minimum atomic E-state index is -4.39. The second-order valence-corrected chi connectivity index (χ2v) is 7.18. The standard InChI is InChI=1S/C17H19F3N2O3S/c18-17(19,20)13-3-1-12(2-4-13)16-22(15(24)11-26-16)6-5-14(23)21-7-9-25-10-8-21/h1-4,16H,5-11H2. The van der Waals surface area contributed by atoms with E-state index in [1.54, 1.807) is 9.80 Å². The number of carbonyl (C=O) groups is 2. The minimum Gasteiger partial charge on any atom is -0.378 e. The molecule has 0 aliphatic carbocycles. The molecule has 1 atom stereocenters. The molecule has 2 aliphatic rings. The van der Waals surface area contributed by atoms with Crippen LogP contribution in [0.5, 0.6) is 0 Å². The van der Waals surface area contributed by atoms with Crippen molar-refractivity contribution >= 4 is 23.6 Å². The number of halogens is 3. The summed E-state index contributed by atoms with van der Waals surface area (Å²) in [4.78, 5) is 27.7. The van der Waals surface area contributed by atoms with Crippen LogP contribution in [0.3, 0.4) is 0 Å². The quantitative estimate of drug-likeness (QED) is 0.796. The molecule has 9 heteroatoms. The van der Waals surface area contributed by atoms with Gasteiger partial charge in [-0.2, -0.15) is 13.2 Å². The Labute approximate surface area is 153 Å². The van der Waals surface area contributed by atoms with Crippen LogP contribution in [0.25, 0.3) is 0 Å². The lowest BCUT2D eigenvalue weighted by Crippen LogP contribution is -2.42. The molecule has 2 heterocycles. The van der Waals surface area contributed by atoms with Crippen molar-refractivity contribution in [3.63, 3.8) is 0 Å². The van der Waals surface area contributed by atoms with Gasteiger partial charge in [-0.25, -0.2) is 0 Å². The van der Waals surface area contributed by atoms with E-state index in [4.69, 9.17) is 4.74 Å². The number of alkyl halides is 3. The Bertz CT molecular complexity index is 660. The first kappa shape index (κ1) is 19.0. The third-order valence-corrected chi connectivity index (χ3v) is 5.68. The van der Waals surface area contributed by atoms with E-state index in [-0.39, 0.29) is 35.9 Å². The highest BCUT2D eigenvalue weighted by Gasteiger charge is 2.35. The van der Waals surface area contributed by atoms with Crippen molar-refractivity contribution in [3.8, 4) is 0 Å². The summed E-state index contributed by atoms with van der Waals surface area (Å²) in [6.45, 7) is 2.37. The fraction of sp³-hybridized carbons (Fsp3) is 0.529. The van der Waals surface area contributed by atoms with Crippen LogP contribution in [0.1, 0.15) is 22.9 Å². The van der Waals surface area contributed by atoms with Crippen LogP contribution >= 0.6 is 11.8 Å². The fourth-order valence-electron chi connectivity index (χ4n) is 3.00. The monoisotopic (exact) mass is 388 g/mol. The minimum absolute atomic E-state index is 0.0378. The SMILES string of the molecule is O=C(CCN1C(=O)CSC1c1ccc(C(F)(F)F)cc1)N1CCOCC1. The van der Waals surface area contributed by atoms with Crippen LogP contribution in [-0.4, -0.2) is 60.2 Å². The van der Waals surface area contributed by atoms with Crippen LogP contribution in [0.15, 0.2) is 24.3 Å². The van der Waals surface area contributed by atoms with Gasteiger partial charge in [0.15, 0.2) is 0 Å². The van der Waals surface area contributed by atoms with Gasteiger partial charge in [0.05, 0.1) is 24.5 Å². The van der Waals surface area contributed by atoms with Crippen molar-refractivity contribution in [1.29, 1.82) is 0 Å². The Morgan fingerprint density at radius 3 is 2.46 bits per heavy atom. The summed E-state index contributed by atoms with van der Waals surface area (Å²) in [5.74, 6) is 0.121. The molecule has 142 valence electrons. The van der Waals surface area contributed by atoms with Crippen molar-refractivity contribution in [3.05, 3.63) is 35.4 Å². The van der Waals surface area contributed by atoms with E-state index in [0.29, 0.717) is 31.9 Å². The molecule has 0 spiro atoms. The topological polar surface area (TPSA) is 49.9 Å². The second-order valence-electron chi connectivity index (χ2n) is 6.11.